The lowest BCUT2D eigenvalue weighted by Crippen LogP contribution is -2.30. The van der Waals surface area contributed by atoms with Crippen LogP contribution in [0.15, 0.2) is 53.4 Å². The summed E-state index contributed by atoms with van der Waals surface area (Å²) in [5, 5.41) is 0. The molecule has 24 heavy (non-hydrogen) atoms. The third-order valence-electron chi connectivity index (χ3n) is 4.89. The van der Waals surface area contributed by atoms with Crippen LogP contribution in [0.2, 0.25) is 0 Å². The molecule has 0 bridgehead atoms. The maximum atomic E-state index is 13.1. The summed E-state index contributed by atoms with van der Waals surface area (Å²) in [5.41, 5.74) is 8.95. The van der Waals surface area contributed by atoms with Crippen molar-refractivity contribution in [1.29, 1.82) is 0 Å². The van der Waals surface area contributed by atoms with Gasteiger partial charge in [0.15, 0.2) is 0 Å². The van der Waals surface area contributed by atoms with Crippen LogP contribution >= 0.6 is 0 Å². The molecule has 0 amide bonds. The van der Waals surface area contributed by atoms with Gasteiger partial charge in [0.05, 0.1) is 4.90 Å². The lowest BCUT2D eigenvalue weighted by Gasteiger charge is -2.18. The van der Waals surface area contributed by atoms with Crippen LogP contribution < -0.4 is 5.73 Å². The Hall–Kier alpha value is -1.69. The fourth-order valence-electron chi connectivity index (χ4n) is 3.57. The Balaban J connectivity index is 1.92. The van der Waals surface area contributed by atoms with Gasteiger partial charge < -0.3 is 5.73 Å². The summed E-state index contributed by atoms with van der Waals surface area (Å²) in [6.45, 7) is 5.27. The normalized spacial score (nSPS) is 22.0. The van der Waals surface area contributed by atoms with E-state index in [1.54, 1.807) is 10.4 Å². The molecule has 128 valence electrons. The molecule has 2 N–H and O–H groups in total. The van der Waals surface area contributed by atoms with Gasteiger partial charge in [0.25, 0.3) is 0 Å². The molecular formula is C19H24N2O2S. The summed E-state index contributed by atoms with van der Waals surface area (Å²) in [6.07, 6.45) is 0. The summed E-state index contributed by atoms with van der Waals surface area (Å²) in [6, 6.07) is 15.5. The first kappa shape index (κ1) is 17.1. The van der Waals surface area contributed by atoms with Gasteiger partial charge in [-0.15, -0.1) is 0 Å². The fraction of sp³-hybridized carbons (Fsp3) is 0.368. The van der Waals surface area contributed by atoms with E-state index in [1.807, 2.05) is 44.2 Å². The minimum Gasteiger partial charge on any atom is -0.330 e. The van der Waals surface area contributed by atoms with Crippen molar-refractivity contribution < 1.29 is 8.42 Å². The van der Waals surface area contributed by atoms with Gasteiger partial charge in [-0.25, -0.2) is 8.42 Å². The van der Waals surface area contributed by atoms with Crippen molar-refractivity contribution in [3.63, 3.8) is 0 Å². The van der Waals surface area contributed by atoms with E-state index in [0.29, 0.717) is 24.5 Å². The molecule has 2 aromatic rings. The van der Waals surface area contributed by atoms with E-state index in [1.165, 1.54) is 0 Å². The molecule has 0 aliphatic carbocycles. The van der Waals surface area contributed by atoms with Gasteiger partial charge >= 0.3 is 0 Å². The summed E-state index contributed by atoms with van der Waals surface area (Å²) >= 11 is 0. The van der Waals surface area contributed by atoms with Crippen LogP contribution in [0.3, 0.4) is 0 Å². The molecule has 1 aliphatic rings. The largest absolute Gasteiger partial charge is 0.330 e. The van der Waals surface area contributed by atoms with E-state index >= 15 is 0 Å². The molecule has 4 nitrogen and oxygen atoms in total. The number of nitrogens with two attached hydrogens (primary N) is 1. The fourth-order valence-corrected chi connectivity index (χ4v) is 5.30. The first-order valence-electron chi connectivity index (χ1n) is 8.26. The quantitative estimate of drug-likeness (QED) is 0.927. The van der Waals surface area contributed by atoms with Crippen molar-refractivity contribution in [3.05, 3.63) is 65.2 Å². The highest BCUT2D eigenvalue weighted by atomic mass is 32.2. The maximum absolute atomic E-state index is 13.1. The summed E-state index contributed by atoms with van der Waals surface area (Å²) in [4.78, 5) is 0.401. The molecule has 0 spiro atoms. The lowest BCUT2D eigenvalue weighted by molar-refractivity contribution is 0.458. The first-order chi connectivity index (χ1) is 11.4. The van der Waals surface area contributed by atoms with Gasteiger partial charge in [-0.2, -0.15) is 4.31 Å². The Morgan fingerprint density at radius 1 is 1.08 bits per heavy atom. The second kappa shape index (κ2) is 6.67. The molecule has 2 aromatic carbocycles. The molecule has 2 atom stereocenters. The minimum absolute atomic E-state index is 0.146. The molecule has 0 radical (unpaired) electrons. The zero-order valence-electron chi connectivity index (χ0n) is 14.1. The van der Waals surface area contributed by atoms with Gasteiger partial charge in [0, 0.05) is 19.0 Å². The van der Waals surface area contributed by atoms with Crippen LogP contribution in [-0.4, -0.2) is 32.4 Å². The monoisotopic (exact) mass is 344 g/mol. The number of benzene rings is 2. The van der Waals surface area contributed by atoms with E-state index in [-0.39, 0.29) is 11.8 Å². The highest BCUT2D eigenvalue weighted by Crippen LogP contribution is 2.35. The molecule has 1 aliphatic heterocycles. The van der Waals surface area contributed by atoms with Crippen LogP contribution in [0.4, 0.5) is 0 Å². The standard InChI is InChI=1S/C19H24N2O2S/c1-14-8-9-19(15(2)10-14)24(22,23)21-12-17(11-20)18(13-21)16-6-4-3-5-7-16/h3-10,17-18H,11-13,20H2,1-2H3/t17-,18+/m1/s1. The lowest BCUT2D eigenvalue weighted by atomic mass is 9.89. The summed E-state index contributed by atoms with van der Waals surface area (Å²) in [7, 11) is -3.49. The van der Waals surface area contributed by atoms with Crippen molar-refractivity contribution in [2.24, 2.45) is 11.7 Å². The van der Waals surface area contributed by atoms with Crippen LogP contribution in [0.25, 0.3) is 0 Å². The van der Waals surface area contributed by atoms with Crippen molar-refractivity contribution in [3.8, 4) is 0 Å². The number of hydrogen-bond donors (Lipinski definition) is 1. The molecule has 0 aromatic heterocycles. The first-order valence-corrected chi connectivity index (χ1v) is 9.70. The van der Waals surface area contributed by atoms with E-state index in [4.69, 9.17) is 5.73 Å². The predicted molar refractivity (Wildman–Crippen MR) is 96.4 cm³/mol. The smallest absolute Gasteiger partial charge is 0.243 e. The predicted octanol–water partition coefficient (Wildman–Crippen LogP) is 2.67. The minimum atomic E-state index is -3.49. The average molecular weight is 344 g/mol. The third kappa shape index (κ3) is 3.11. The van der Waals surface area contributed by atoms with Crippen molar-refractivity contribution >= 4 is 10.0 Å². The zero-order chi connectivity index (χ0) is 17.3. The van der Waals surface area contributed by atoms with E-state index in [2.05, 4.69) is 12.1 Å². The number of hydrogen-bond acceptors (Lipinski definition) is 3. The molecule has 3 rings (SSSR count). The number of aryl methyl sites for hydroxylation is 2. The molecule has 1 saturated heterocycles. The molecule has 0 saturated carbocycles. The highest BCUT2D eigenvalue weighted by molar-refractivity contribution is 7.89. The number of sulfonamides is 1. The maximum Gasteiger partial charge on any atom is 0.243 e. The number of nitrogens with zero attached hydrogens (tertiary/aromatic N) is 1. The van der Waals surface area contributed by atoms with Crippen LogP contribution in [0, 0.1) is 19.8 Å². The van der Waals surface area contributed by atoms with Crippen molar-refractivity contribution in [1.82, 2.24) is 4.31 Å². The summed E-state index contributed by atoms with van der Waals surface area (Å²) < 4.78 is 27.8. The molecule has 1 fully saturated rings. The van der Waals surface area contributed by atoms with E-state index in [0.717, 1.165) is 16.7 Å². The van der Waals surface area contributed by atoms with Gasteiger partial charge in [-0.05, 0) is 43.5 Å². The second-order valence-electron chi connectivity index (χ2n) is 6.60. The second-order valence-corrected chi connectivity index (χ2v) is 8.51. The Bertz CT molecular complexity index is 819. The average Bonchev–Trinajstić information content (AvgIpc) is 3.00. The number of rotatable bonds is 4. The van der Waals surface area contributed by atoms with Crippen molar-refractivity contribution in [2.45, 2.75) is 24.7 Å². The Kier molecular flexibility index (Phi) is 4.76. The highest BCUT2D eigenvalue weighted by Gasteiger charge is 2.39. The molecule has 5 heteroatoms. The molecular weight excluding hydrogens is 320 g/mol. The summed E-state index contributed by atoms with van der Waals surface area (Å²) in [5.74, 6) is 0.296. The third-order valence-corrected chi connectivity index (χ3v) is 6.88. The SMILES string of the molecule is Cc1ccc(S(=O)(=O)N2C[C@@H](CN)[C@H](c3ccccc3)C2)c(C)c1. The van der Waals surface area contributed by atoms with Crippen LogP contribution in [-0.2, 0) is 10.0 Å². The van der Waals surface area contributed by atoms with Gasteiger partial charge in [0.2, 0.25) is 10.0 Å². The Morgan fingerprint density at radius 3 is 2.42 bits per heavy atom. The van der Waals surface area contributed by atoms with E-state index < -0.39 is 10.0 Å². The van der Waals surface area contributed by atoms with Crippen LogP contribution in [0.1, 0.15) is 22.6 Å². The van der Waals surface area contributed by atoms with Crippen LogP contribution in [0.5, 0.6) is 0 Å². The Morgan fingerprint density at radius 2 is 1.79 bits per heavy atom. The van der Waals surface area contributed by atoms with Crippen molar-refractivity contribution in [2.75, 3.05) is 19.6 Å². The topological polar surface area (TPSA) is 63.4 Å². The molecule has 0 unspecified atom stereocenters. The van der Waals surface area contributed by atoms with E-state index in [9.17, 15) is 8.42 Å². The van der Waals surface area contributed by atoms with Gasteiger partial charge in [-0.3, -0.25) is 0 Å². The van der Waals surface area contributed by atoms with Gasteiger partial charge in [0.1, 0.15) is 0 Å². The Labute approximate surface area is 144 Å². The zero-order valence-corrected chi connectivity index (χ0v) is 15.0. The molecule has 1 heterocycles. The van der Waals surface area contributed by atoms with Gasteiger partial charge in [-0.1, -0.05) is 48.0 Å².